The van der Waals surface area contributed by atoms with Gasteiger partial charge in [-0.1, -0.05) is 0 Å². The van der Waals surface area contributed by atoms with Crippen molar-refractivity contribution in [3.63, 3.8) is 0 Å². The summed E-state index contributed by atoms with van der Waals surface area (Å²) in [6.45, 7) is 0. The van der Waals surface area contributed by atoms with E-state index in [1.807, 2.05) is 0 Å². The predicted octanol–water partition coefficient (Wildman–Crippen LogP) is 14.4. The van der Waals surface area contributed by atoms with Crippen molar-refractivity contribution >= 4 is 150 Å². The highest BCUT2D eigenvalue weighted by atomic mass is 32.3. The van der Waals surface area contributed by atoms with Gasteiger partial charge in [-0.15, -0.1) is 0 Å². The van der Waals surface area contributed by atoms with Gasteiger partial charge in [-0.05, 0) is 111 Å². The summed E-state index contributed by atoms with van der Waals surface area (Å²) in [7, 11) is 22.1. The Kier molecular flexibility index (Phi) is 6.01. The van der Waals surface area contributed by atoms with Crippen molar-refractivity contribution in [3.05, 3.63) is 0 Å². The minimum absolute atomic E-state index is 1.56. The number of rotatable bonds is 0. The molecule has 0 spiro atoms. The van der Waals surface area contributed by atoms with Gasteiger partial charge in [0.15, 0.2) is 0 Å². The smallest absolute Gasteiger partial charge is 0.0475 e. The second-order valence-electron chi connectivity index (χ2n) is 4.02. The van der Waals surface area contributed by atoms with Gasteiger partial charge in [0.25, 0.3) is 0 Å². The van der Waals surface area contributed by atoms with Gasteiger partial charge >= 0.3 is 0 Å². The first-order valence-electron chi connectivity index (χ1n) is 5.78. The average Bonchev–Trinajstić information content (AvgIpc) is 2.56. The van der Waals surface area contributed by atoms with E-state index < -0.39 is 0 Å². The first-order valence-corrected chi connectivity index (χ1v) is 22.5. The van der Waals surface area contributed by atoms with Crippen LogP contribution in [0.25, 0.3) is 38.8 Å². The second kappa shape index (κ2) is 7.65. The Morgan fingerprint density at radius 1 is 0.273 bits per heavy atom. The van der Waals surface area contributed by atoms with Crippen LogP contribution in [0.5, 0.6) is 0 Å². The molecule has 5 rings (SSSR count). The molecule has 0 saturated carbocycles. The largest absolute Gasteiger partial charge is 0.0517 e. The minimum Gasteiger partial charge on any atom is -0.0475 e. The molecule has 0 amide bonds. The van der Waals surface area contributed by atoms with Gasteiger partial charge in [0.2, 0.25) is 0 Å². The monoisotopic (exact) mass is 530 g/mol. The third-order valence-electron chi connectivity index (χ3n) is 2.71. The van der Waals surface area contributed by atoms with Gasteiger partial charge in [0.05, 0.1) is 19.4 Å². The Labute approximate surface area is 148 Å². The lowest BCUT2D eigenvalue weighted by atomic mass is 11.1. The zero-order chi connectivity index (χ0) is 14.5. The molecule has 5 heterocycles. The molecule has 0 aromatic carbocycles. The average molecular weight is 530 g/mol. The Bertz CT molecular complexity index is 1000. The molecule has 5 aromatic rings. The molecule has 0 saturated heterocycles. The molecule has 0 radical (unpaired) electrons. The normalized spacial score (nSPS) is 16.7. The van der Waals surface area contributed by atoms with E-state index in [0.29, 0.717) is 0 Å². The molecular weight excluding hydrogens is 530 g/mol. The molecule has 0 aliphatic heterocycles. The molecule has 0 aliphatic carbocycles. The lowest BCUT2D eigenvalue weighted by Gasteiger charge is -2.02. The summed E-state index contributed by atoms with van der Waals surface area (Å²) < 4.78 is 0. The molecule has 102 valence electrons. The van der Waals surface area contributed by atoms with Gasteiger partial charge < -0.3 is 0 Å². The van der Waals surface area contributed by atoms with Gasteiger partial charge in [0.1, 0.15) is 0 Å². The zero-order valence-electron chi connectivity index (χ0n) is 10.3. The fourth-order valence-electron chi connectivity index (χ4n) is 1.82. The Morgan fingerprint density at radius 3 is 0.773 bits per heavy atom. The topological polar surface area (TPSA) is 0 Å². The van der Waals surface area contributed by atoms with Gasteiger partial charge in [-0.3, -0.25) is 0 Å². The molecule has 0 bridgehead atoms. The van der Waals surface area contributed by atoms with E-state index in [1.165, 1.54) is 0 Å². The van der Waals surface area contributed by atoms with Crippen LogP contribution in [-0.2, 0) is 0 Å². The Hall–Kier alpha value is 3.16. The van der Waals surface area contributed by atoms with Crippen LogP contribution in [-0.4, -0.2) is 0 Å². The third kappa shape index (κ3) is 3.48. The quantitative estimate of drug-likeness (QED) is 0.175. The summed E-state index contributed by atoms with van der Waals surface area (Å²) in [5.74, 6) is 0. The molecule has 0 atom stereocenters. The Morgan fingerprint density at radius 2 is 0.500 bits per heavy atom. The summed E-state index contributed by atoms with van der Waals surface area (Å²) in [5.41, 5.74) is 0. The van der Waals surface area contributed by atoms with Gasteiger partial charge in [0, 0.05) is 19.4 Å². The second-order valence-corrected chi connectivity index (χ2v) is 27.8. The zero-order valence-corrected chi connectivity index (χ0v) is 22.8. The van der Waals surface area contributed by atoms with Crippen LogP contribution in [0.2, 0.25) is 0 Å². The first-order chi connectivity index (χ1) is 10.9. The summed E-state index contributed by atoms with van der Waals surface area (Å²) in [6.07, 6.45) is 0. The van der Waals surface area contributed by atoms with Crippen molar-refractivity contribution in [1.82, 2.24) is 0 Å². The van der Waals surface area contributed by atoms with Crippen molar-refractivity contribution < 1.29 is 0 Å². The van der Waals surface area contributed by atoms with E-state index in [9.17, 15) is 0 Å². The minimum atomic E-state index is 1.56. The van der Waals surface area contributed by atoms with E-state index in [1.54, 1.807) is 150 Å². The maximum Gasteiger partial charge on any atom is 0.0517 e. The highest BCUT2D eigenvalue weighted by molar-refractivity contribution is 8.33. The Balaban J connectivity index is 1.93. The summed E-state index contributed by atoms with van der Waals surface area (Å²) in [4.78, 5) is 13.8. The lowest BCUT2D eigenvalue weighted by molar-refractivity contribution is 2.92. The molecule has 14 heteroatoms. The van der Waals surface area contributed by atoms with Crippen molar-refractivity contribution in [2.75, 3.05) is 0 Å². The number of hydrogen-bond acceptors (Lipinski definition) is 0. The highest BCUT2D eigenvalue weighted by Gasteiger charge is 2.07. The summed E-state index contributed by atoms with van der Waals surface area (Å²) in [5, 5.41) is 0. The van der Waals surface area contributed by atoms with E-state index in [-0.39, 0.29) is 0 Å². The SMILES string of the molecule is p1ppc2pc3pc4pc5ppppc5pc4pc3pc2p1. The fraction of sp³-hybridized carbons (Fsp3) is 0. The predicted molar refractivity (Wildman–Crippen MR) is 132 cm³/mol. The molecule has 5 aromatic heterocycles. The molecule has 0 fully saturated rings. The number of hydrogen-bond donors (Lipinski definition) is 0. The maximum absolute atomic E-state index is 1.73. The van der Waals surface area contributed by atoms with E-state index in [0.717, 1.165) is 0 Å². The third-order valence-corrected chi connectivity index (χ3v) is 32.6. The van der Waals surface area contributed by atoms with Crippen LogP contribution >= 0.6 is 111 Å². The maximum atomic E-state index is 1.73. The number of fused-ring (bicyclic) bond motifs is 4. The van der Waals surface area contributed by atoms with Crippen molar-refractivity contribution in [1.29, 1.82) is 0 Å². The molecule has 22 heavy (non-hydrogen) atoms. The van der Waals surface area contributed by atoms with Crippen LogP contribution in [0.1, 0.15) is 0 Å². The van der Waals surface area contributed by atoms with Crippen LogP contribution in [0.3, 0.4) is 0 Å². The van der Waals surface area contributed by atoms with E-state index in [2.05, 4.69) is 0 Å². The van der Waals surface area contributed by atoms with Crippen molar-refractivity contribution in [3.8, 4) is 0 Å². The van der Waals surface area contributed by atoms with E-state index >= 15 is 0 Å². The fourth-order valence-corrected chi connectivity index (χ4v) is 35.7. The van der Waals surface area contributed by atoms with Crippen molar-refractivity contribution in [2.45, 2.75) is 0 Å². The molecular formula is C8P14. The van der Waals surface area contributed by atoms with Crippen LogP contribution < -0.4 is 0 Å². The summed E-state index contributed by atoms with van der Waals surface area (Å²) >= 11 is 0. The standard InChI is InChI=1S/C8P14/c9-1-2(12-6-5(11-1)15-19-20-16-6)10-4-3(9)13-7-8(14-4)18-22-21-17-7. The molecule has 0 N–H and O–H groups in total. The van der Waals surface area contributed by atoms with Crippen molar-refractivity contribution in [2.24, 2.45) is 0 Å². The molecule has 0 unspecified atom stereocenters. The van der Waals surface area contributed by atoms with Crippen LogP contribution in [0.4, 0.5) is 0 Å². The molecule has 0 nitrogen and oxygen atoms in total. The summed E-state index contributed by atoms with van der Waals surface area (Å²) in [6, 6.07) is 0. The molecule has 0 aliphatic rings. The lowest BCUT2D eigenvalue weighted by Crippen LogP contribution is -1.54. The first kappa shape index (κ1) is 17.3. The van der Waals surface area contributed by atoms with Crippen LogP contribution in [0, 0.1) is 0 Å². The van der Waals surface area contributed by atoms with Gasteiger partial charge in [-0.2, -0.15) is 0 Å². The van der Waals surface area contributed by atoms with Gasteiger partial charge in [-0.25, -0.2) is 0 Å². The van der Waals surface area contributed by atoms with E-state index in [4.69, 9.17) is 0 Å². The van der Waals surface area contributed by atoms with Crippen LogP contribution in [0.15, 0.2) is 0 Å². The highest BCUT2D eigenvalue weighted by Crippen LogP contribution is 2.62.